The zero-order chi connectivity index (χ0) is 20.4. The molecule has 0 amide bonds. The smallest absolute Gasteiger partial charge is 0.141 e. The predicted octanol–water partition coefficient (Wildman–Crippen LogP) is 7.44. The van der Waals surface area contributed by atoms with Crippen LogP contribution in [0.2, 0.25) is 0 Å². The van der Waals surface area contributed by atoms with Crippen LogP contribution in [0.3, 0.4) is 0 Å². The second-order valence-corrected chi connectivity index (χ2v) is 9.36. The number of ether oxygens (including phenoxy) is 1. The molecule has 0 bridgehead atoms. The molecule has 0 aliphatic heterocycles. The molecule has 1 aliphatic rings. The minimum absolute atomic E-state index is 0.731. The molecule has 3 aromatic rings. The monoisotopic (exact) mass is 514 g/mol. The fourth-order valence-corrected chi connectivity index (χ4v) is 4.79. The molecule has 2 nitrogen and oxygen atoms in total. The molecule has 0 atom stereocenters. The standard InChI is InChI=1S/C25H24Br2O2/c1-2-3-4-5-14-29-20-10-6-17(7-11-20)25(28)23-15-18(26)8-12-21(23)22-13-9-19(27)16-24(22)25/h6-13,15-16,28H,2-5,14H2,1H3. The molecular formula is C25H24Br2O2. The molecule has 0 saturated heterocycles. The quantitative estimate of drug-likeness (QED) is 0.331. The molecule has 3 aromatic carbocycles. The Morgan fingerprint density at radius 1 is 0.793 bits per heavy atom. The van der Waals surface area contributed by atoms with Crippen LogP contribution in [0.5, 0.6) is 5.75 Å². The second-order valence-electron chi connectivity index (χ2n) is 7.52. The molecule has 0 spiro atoms. The van der Waals surface area contributed by atoms with Gasteiger partial charge < -0.3 is 9.84 Å². The van der Waals surface area contributed by atoms with E-state index < -0.39 is 5.60 Å². The largest absolute Gasteiger partial charge is 0.494 e. The van der Waals surface area contributed by atoms with Gasteiger partial charge in [-0.05, 0) is 59.5 Å². The van der Waals surface area contributed by atoms with Crippen molar-refractivity contribution in [2.24, 2.45) is 0 Å². The summed E-state index contributed by atoms with van der Waals surface area (Å²) in [5.74, 6) is 0.843. The van der Waals surface area contributed by atoms with Crippen molar-refractivity contribution in [3.63, 3.8) is 0 Å². The maximum absolute atomic E-state index is 12.0. The van der Waals surface area contributed by atoms with E-state index in [0.717, 1.165) is 55.5 Å². The third kappa shape index (κ3) is 3.90. The first-order chi connectivity index (χ1) is 14.0. The maximum atomic E-state index is 12.0. The molecule has 4 rings (SSSR count). The highest BCUT2D eigenvalue weighted by Crippen LogP contribution is 2.52. The van der Waals surface area contributed by atoms with Gasteiger partial charge >= 0.3 is 0 Å². The molecule has 150 valence electrons. The summed E-state index contributed by atoms with van der Waals surface area (Å²) in [5.41, 5.74) is 3.56. The van der Waals surface area contributed by atoms with Crippen LogP contribution >= 0.6 is 31.9 Å². The van der Waals surface area contributed by atoms with Crippen LogP contribution in [0.15, 0.2) is 69.6 Å². The van der Waals surface area contributed by atoms with Crippen molar-refractivity contribution in [3.05, 3.63) is 86.3 Å². The highest BCUT2D eigenvalue weighted by Gasteiger charge is 2.43. The van der Waals surface area contributed by atoms with Crippen molar-refractivity contribution in [2.45, 2.75) is 38.2 Å². The van der Waals surface area contributed by atoms with Gasteiger partial charge in [0.2, 0.25) is 0 Å². The lowest BCUT2D eigenvalue weighted by molar-refractivity contribution is 0.130. The van der Waals surface area contributed by atoms with Crippen molar-refractivity contribution in [3.8, 4) is 16.9 Å². The van der Waals surface area contributed by atoms with Crippen LogP contribution in [-0.2, 0) is 5.60 Å². The van der Waals surface area contributed by atoms with E-state index in [0.29, 0.717) is 0 Å². The zero-order valence-electron chi connectivity index (χ0n) is 16.4. The molecule has 0 fully saturated rings. The lowest BCUT2D eigenvalue weighted by atomic mass is 9.84. The minimum Gasteiger partial charge on any atom is -0.494 e. The van der Waals surface area contributed by atoms with Crippen molar-refractivity contribution >= 4 is 31.9 Å². The molecule has 0 heterocycles. The Balaban J connectivity index is 1.67. The number of hydrogen-bond acceptors (Lipinski definition) is 2. The van der Waals surface area contributed by atoms with Gasteiger partial charge in [-0.25, -0.2) is 0 Å². The summed E-state index contributed by atoms with van der Waals surface area (Å²) in [5, 5.41) is 12.0. The van der Waals surface area contributed by atoms with Crippen LogP contribution in [0.4, 0.5) is 0 Å². The third-order valence-corrected chi connectivity index (χ3v) is 6.56. The second kappa shape index (κ2) is 8.63. The lowest BCUT2D eigenvalue weighted by Gasteiger charge is -2.27. The SMILES string of the molecule is CCCCCCOc1ccc(C2(O)c3cc(Br)ccc3-c3ccc(Br)cc32)cc1. The number of unbranched alkanes of at least 4 members (excludes halogenated alkanes) is 3. The van der Waals surface area contributed by atoms with E-state index in [1.54, 1.807) is 0 Å². The molecule has 1 aliphatic carbocycles. The van der Waals surface area contributed by atoms with Crippen LogP contribution in [-0.4, -0.2) is 11.7 Å². The van der Waals surface area contributed by atoms with Gasteiger partial charge in [0.25, 0.3) is 0 Å². The number of fused-ring (bicyclic) bond motifs is 3. The van der Waals surface area contributed by atoms with Crippen LogP contribution in [0, 0.1) is 0 Å². The number of rotatable bonds is 7. The number of aliphatic hydroxyl groups is 1. The van der Waals surface area contributed by atoms with E-state index >= 15 is 0 Å². The van der Waals surface area contributed by atoms with E-state index in [9.17, 15) is 5.11 Å². The molecule has 0 radical (unpaired) electrons. The number of benzene rings is 3. The van der Waals surface area contributed by atoms with Gasteiger partial charge in [-0.2, -0.15) is 0 Å². The van der Waals surface area contributed by atoms with Gasteiger partial charge in [0.1, 0.15) is 11.4 Å². The summed E-state index contributed by atoms with van der Waals surface area (Å²) in [6.07, 6.45) is 4.75. The van der Waals surface area contributed by atoms with Gasteiger partial charge in [-0.1, -0.05) is 82.3 Å². The fraction of sp³-hybridized carbons (Fsp3) is 0.280. The van der Waals surface area contributed by atoms with E-state index in [1.165, 1.54) is 19.3 Å². The molecule has 0 saturated carbocycles. The Bertz CT molecular complexity index is 960. The summed E-state index contributed by atoms with van der Waals surface area (Å²) in [4.78, 5) is 0. The Morgan fingerprint density at radius 3 is 1.93 bits per heavy atom. The average Bonchev–Trinajstić information content (AvgIpc) is 2.97. The van der Waals surface area contributed by atoms with Gasteiger partial charge in [0.05, 0.1) is 6.61 Å². The molecule has 4 heteroatoms. The van der Waals surface area contributed by atoms with Crippen molar-refractivity contribution in [2.75, 3.05) is 6.61 Å². The third-order valence-electron chi connectivity index (χ3n) is 5.57. The maximum Gasteiger partial charge on any atom is 0.141 e. The van der Waals surface area contributed by atoms with E-state index in [2.05, 4.69) is 50.9 Å². The first-order valence-electron chi connectivity index (χ1n) is 10.1. The summed E-state index contributed by atoms with van der Waals surface area (Å²) >= 11 is 7.13. The summed E-state index contributed by atoms with van der Waals surface area (Å²) in [7, 11) is 0. The van der Waals surface area contributed by atoms with Crippen molar-refractivity contribution < 1.29 is 9.84 Å². The summed E-state index contributed by atoms with van der Waals surface area (Å²) in [6.45, 7) is 2.94. The molecular weight excluding hydrogens is 492 g/mol. The Kier molecular flexibility index (Phi) is 6.14. The molecule has 0 unspecified atom stereocenters. The van der Waals surface area contributed by atoms with Gasteiger partial charge in [0.15, 0.2) is 0 Å². The minimum atomic E-state index is -1.20. The highest BCUT2D eigenvalue weighted by atomic mass is 79.9. The van der Waals surface area contributed by atoms with E-state index in [1.807, 2.05) is 48.5 Å². The Labute approximate surface area is 189 Å². The topological polar surface area (TPSA) is 29.5 Å². The Morgan fingerprint density at radius 2 is 1.38 bits per heavy atom. The van der Waals surface area contributed by atoms with Crippen LogP contribution in [0.25, 0.3) is 11.1 Å². The van der Waals surface area contributed by atoms with Crippen molar-refractivity contribution in [1.82, 2.24) is 0 Å². The van der Waals surface area contributed by atoms with E-state index in [4.69, 9.17) is 4.74 Å². The average molecular weight is 516 g/mol. The first kappa shape index (κ1) is 20.6. The van der Waals surface area contributed by atoms with E-state index in [-0.39, 0.29) is 0 Å². The lowest BCUT2D eigenvalue weighted by Crippen LogP contribution is -2.26. The Hall–Kier alpha value is -1.62. The van der Waals surface area contributed by atoms with Crippen molar-refractivity contribution in [1.29, 1.82) is 0 Å². The van der Waals surface area contributed by atoms with Gasteiger partial charge in [-0.15, -0.1) is 0 Å². The first-order valence-corrected chi connectivity index (χ1v) is 11.7. The zero-order valence-corrected chi connectivity index (χ0v) is 19.6. The van der Waals surface area contributed by atoms with Gasteiger partial charge in [-0.3, -0.25) is 0 Å². The van der Waals surface area contributed by atoms with Crippen LogP contribution < -0.4 is 4.74 Å². The number of halogens is 2. The normalized spacial score (nSPS) is 13.8. The molecule has 1 N–H and O–H groups in total. The number of hydrogen-bond donors (Lipinski definition) is 1. The molecule has 29 heavy (non-hydrogen) atoms. The summed E-state index contributed by atoms with van der Waals surface area (Å²) in [6, 6.07) is 20.1. The molecule has 0 aromatic heterocycles. The van der Waals surface area contributed by atoms with Crippen LogP contribution in [0.1, 0.15) is 49.3 Å². The van der Waals surface area contributed by atoms with Gasteiger partial charge in [0, 0.05) is 20.1 Å². The fourth-order valence-electron chi connectivity index (χ4n) is 4.07. The predicted molar refractivity (Wildman–Crippen MR) is 125 cm³/mol. The summed E-state index contributed by atoms with van der Waals surface area (Å²) < 4.78 is 7.79. The highest BCUT2D eigenvalue weighted by molar-refractivity contribution is 9.10.